The summed E-state index contributed by atoms with van der Waals surface area (Å²) in [6, 6.07) is 15.9. The lowest BCUT2D eigenvalue weighted by Gasteiger charge is -2.20. The van der Waals surface area contributed by atoms with E-state index in [4.69, 9.17) is 0 Å². The molecule has 0 aliphatic heterocycles. The molecule has 2 heterocycles. The molecule has 0 aliphatic carbocycles. The number of pyridine rings is 1. The van der Waals surface area contributed by atoms with E-state index in [1.807, 2.05) is 43.5 Å². The number of nitrogens with zero attached hydrogens (tertiary/aromatic N) is 3. The van der Waals surface area contributed by atoms with Crippen LogP contribution in [-0.2, 0) is 13.1 Å². The highest BCUT2D eigenvalue weighted by Crippen LogP contribution is 2.09. The number of hydrogen-bond donors (Lipinski definition) is 0. The van der Waals surface area contributed by atoms with Crippen molar-refractivity contribution in [2.45, 2.75) is 26.9 Å². The molecular weight excluding hydrogens is 286 g/mol. The highest BCUT2D eigenvalue weighted by molar-refractivity contribution is 5.39. The van der Waals surface area contributed by atoms with Gasteiger partial charge in [0.05, 0.1) is 5.69 Å². The average Bonchev–Trinajstić information content (AvgIpc) is 2.56. The molecule has 3 aromatic rings. The van der Waals surface area contributed by atoms with Gasteiger partial charge in [-0.3, -0.25) is 14.1 Å². The maximum Gasteiger partial charge on any atom is 0.258 e. The Morgan fingerprint density at radius 2 is 1.87 bits per heavy atom. The molecular formula is C19H21N3O. The maximum absolute atomic E-state index is 12.3. The van der Waals surface area contributed by atoms with Crippen molar-refractivity contribution in [1.82, 2.24) is 14.3 Å². The van der Waals surface area contributed by atoms with Crippen molar-refractivity contribution in [1.29, 1.82) is 0 Å². The smallest absolute Gasteiger partial charge is 0.258 e. The van der Waals surface area contributed by atoms with Crippen LogP contribution in [0.4, 0.5) is 0 Å². The second kappa shape index (κ2) is 6.75. The van der Waals surface area contributed by atoms with Crippen LogP contribution in [0.3, 0.4) is 0 Å². The molecule has 0 aliphatic rings. The van der Waals surface area contributed by atoms with Gasteiger partial charge in [-0.15, -0.1) is 0 Å². The van der Waals surface area contributed by atoms with Gasteiger partial charge in [-0.1, -0.05) is 43.3 Å². The van der Waals surface area contributed by atoms with Crippen molar-refractivity contribution < 1.29 is 0 Å². The molecule has 118 valence electrons. The van der Waals surface area contributed by atoms with E-state index in [9.17, 15) is 4.79 Å². The summed E-state index contributed by atoms with van der Waals surface area (Å²) in [5.41, 5.74) is 3.81. The molecule has 0 unspecified atom stereocenters. The van der Waals surface area contributed by atoms with Gasteiger partial charge in [0, 0.05) is 25.4 Å². The van der Waals surface area contributed by atoms with Gasteiger partial charge in [0.2, 0.25) is 0 Å². The van der Waals surface area contributed by atoms with Crippen LogP contribution >= 0.6 is 0 Å². The minimum Gasteiger partial charge on any atom is -0.294 e. The Labute approximate surface area is 136 Å². The third-order valence-corrected chi connectivity index (χ3v) is 3.94. The van der Waals surface area contributed by atoms with E-state index in [1.54, 1.807) is 10.5 Å². The molecule has 0 atom stereocenters. The fourth-order valence-electron chi connectivity index (χ4n) is 2.69. The first-order chi connectivity index (χ1) is 11.2. The summed E-state index contributed by atoms with van der Waals surface area (Å²) in [7, 11) is 0. The largest absolute Gasteiger partial charge is 0.294 e. The monoisotopic (exact) mass is 307 g/mol. The second-order valence-electron chi connectivity index (χ2n) is 5.81. The van der Waals surface area contributed by atoms with Crippen LogP contribution in [0.25, 0.3) is 5.65 Å². The summed E-state index contributed by atoms with van der Waals surface area (Å²) in [6.45, 7) is 6.53. The van der Waals surface area contributed by atoms with Crippen LogP contribution in [0.15, 0.2) is 59.5 Å². The zero-order chi connectivity index (χ0) is 16.2. The quantitative estimate of drug-likeness (QED) is 0.727. The summed E-state index contributed by atoms with van der Waals surface area (Å²) in [5, 5.41) is 0. The van der Waals surface area contributed by atoms with Crippen molar-refractivity contribution in [3.8, 4) is 0 Å². The maximum atomic E-state index is 12.3. The Morgan fingerprint density at radius 3 is 2.61 bits per heavy atom. The molecule has 4 heteroatoms. The number of aromatic nitrogens is 2. The molecule has 4 nitrogen and oxygen atoms in total. The normalized spacial score (nSPS) is 11.3. The second-order valence-corrected chi connectivity index (χ2v) is 5.81. The summed E-state index contributed by atoms with van der Waals surface area (Å²) < 4.78 is 1.60. The third kappa shape index (κ3) is 3.66. The fourth-order valence-corrected chi connectivity index (χ4v) is 2.69. The number of fused-ring (bicyclic) bond motifs is 1. The number of aryl methyl sites for hydroxylation is 1. The lowest BCUT2D eigenvalue weighted by Crippen LogP contribution is -2.25. The van der Waals surface area contributed by atoms with Gasteiger partial charge < -0.3 is 0 Å². The Bertz CT molecular complexity index is 855. The molecule has 23 heavy (non-hydrogen) atoms. The highest BCUT2D eigenvalue weighted by Gasteiger charge is 2.08. The standard InChI is InChI=1S/C19H21N3O/c1-3-21(13-16-7-5-4-6-8-16)14-17-11-19(23)22-12-15(2)9-10-18(22)20-17/h4-12H,3,13-14H2,1-2H3. The first-order valence-electron chi connectivity index (χ1n) is 7.91. The molecule has 3 rings (SSSR count). The Balaban J connectivity index is 1.85. The lowest BCUT2D eigenvalue weighted by molar-refractivity contribution is 0.268. The van der Waals surface area contributed by atoms with Crippen LogP contribution < -0.4 is 5.56 Å². The Morgan fingerprint density at radius 1 is 1.09 bits per heavy atom. The van der Waals surface area contributed by atoms with Gasteiger partial charge in [0.25, 0.3) is 5.56 Å². The van der Waals surface area contributed by atoms with Gasteiger partial charge in [-0.25, -0.2) is 4.98 Å². The number of rotatable bonds is 5. The highest BCUT2D eigenvalue weighted by atomic mass is 16.1. The molecule has 0 amide bonds. The van der Waals surface area contributed by atoms with Crippen molar-refractivity contribution in [3.05, 3.63) is 81.9 Å². The summed E-state index contributed by atoms with van der Waals surface area (Å²) in [5.74, 6) is 0. The predicted octanol–water partition coefficient (Wildman–Crippen LogP) is 3.03. The molecule has 0 saturated carbocycles. The third-order valence-electron chi connectivity index (χ3n) is 3.94. The van der Waals surface area contributed by atoms with E-state index in [0.29, 0.717) is 12.2 Å². The van der Waals surface area contributed by atoms with Crippen molar-refractivity contribution >= 4 is 5.65 Å². The average molecular weight is 307 g/mol. The van der Waals surface area contributed by atoms with Crippen LogP contribution in [0, 0.1) is 6.92 Å². The fraction of sp³-hybridized carbons (Fsp3) is 0.263. The van der Waals surface area contributed by atoms with Crippen LogP contribution in [0.2, 0.25) is 0 Å². The Hall–Kier alpha value is -2.46. The SMILES string of the molecule is CCN(Cc1ccccc1)Cc1cc(=O)n2cc(C)ccc2n1. The summed E-state index contributed by atoms with van der Waals surface area (Å²) in [6.07, 6.45) is 1.83. The van der Waals surface area contributed by atoms with Gasteiger partial charge in [0.1, 0.15) is 5.65 Å². The lowest BCUT2D eigenvalue weighted by atomic mass is 10.2. The minimum absolute atomic E-state index is 0.0236. The molecule has 0 saturated heterocycles. The van der Waals surface area contributed by atoms with Crippen LogP contribution in [0.1, 0.15) is 23.7 Å². The molecule has 1 aromatic carbocycles. The predicted molar refractivity (Wildman–Crippen MR) is 92.4 cm³/mol. The van der Waals surface area contributed by atoms with E-state index in [0.717, 1.165) is 24.3 Å². The molecule has 0 radical (unpaired) electrons. The minimum atomic E-state index is -0.0236. The molecule has 0 fully saturated rings. The van der Waals surface area contributed by atoms with E-state index >= 15 is 0 Å². The Kier molecular flexibility index (Phi) is 4.53. The van der Waals surface area contributed by atoms with E-state index in [2.05, 4.69) is 28.9 Å². The molecule has 0 N–H and O–H groups in total. The topological polar surface area (TPSA) is 37.6 Å². The number of hydrogen-bond acceptors (Lipinski definition) is 3. The van der Waals surface area contributed by atoms with Gasteiger partial charge >= 0.3 is 0 Å². The first-order valence-corrected chi connectivity index (χ1v) is 7.91. The van der Waals surface area contributed by atoms with Crippen molar-refractivity contribution in [2.24, 2.45) is 0 Å². The zero-order valence-corrected chi connectivity index (χ0v) is 13.6. The van der Waals surface area contributed by atoms with Crippen LogP contribution in [0.5, 0.6) is 0 Å². The first kappa shape index (κ1) is 15.4. The van der Waals surface area contributed by atoms with E-state index < -0.39 is 0 Å². The molecule has 0 spiro atoms. The van der Waals surface area contributed by atoms with E-state index in [-0.39, 0.29) is 5.56 Å². The van der Waals surface area contributed by atoms with E-state index in [1.165, 1.54) is 5.56 Å². The molecule has 0 bridgehead atoms. The van der Waals surface area contributed by atoms with Gasteiger partial charge in [-0.05, 0) is 30.7 Å². The summed E-state index contributed by atoms with van der Waals surface area (Å²) in [4.78, 5) is 19.2. The van der Waals surface area contributed by atoms with Crippen LogP contribution in [-0.4, -0.2) is 20.8 Å². The molecule has 2 aromatic heterocycles. The van der Waals surface area contributed by atoms with Crippen molar-refractivity contribution in [2.75, 3.05) is 6.54 Å². The summed E-state index contributed by atoms with van der Waals surface area (Å²) >= 11 is 0. The van der Waals surface area contributed by atoms with Gasteiger partial charge in [0.15, 0.2) is 0 Å². The number of benzene rings is 1. The van der Waals surface area contributed by atoms with Gasteiger partial charge in [-0.2, -0.15) is 0 Å². The zero-order valence-electron chi connectivity index (χ0n) is 13.6. The van der Waals surface area contributed by atoms with Crippen molar-refractivity contribution in [3.63, 3.8) is 0 Å².